The second-order valence-electron chi connectivity index (χ2n) is 6.77. The van der Waals surface area contributed by atoms with Crippen molar-refractivity contribution in [3.8, 4) is 22.8 Å². The predicted octanol–water partition coefficient (Wildman–Crippen LogP) is 3.62. The van der Waals surface area contributed by atoms with Gasteiger partial charge in [-0.2, -0.15) is 4.98 Å². The minimum absolute atomic E-state index is 0.0620. The van der Waals surface area contributed by atoms with Gasteiger partial charge >= 0.3 is 0 Å². The summed E-state index contributed by atoms with van der Waals surface area (Å²) in [6.07, 6.45) is 7.65. The molecule has 0 radical (unpaired) electrons. The van der Waals surface area contributed by atoms with Gasteiger partial charge in [0.15, 0.2) is 0 Å². The Morgan fingerprint density at radius 1 is 1.17 bits per heavy atom. The molecule has 1 fully saturated rings. The number of amidine groups is 1. The van der Waals surface area contributed by atoms with Crippen molar-refractivity contribution in [2.75, 3.05) is 13.7 Å². The van der Waals surface area contributed by atoms with Gasteiger partial charge in [0.25, 0.3) is 0 Å². The summed E-state index contributed by atoms with van der Waals surface area (Å²) in [5, 5.41) is 7.43. The van der Waals surface area contributed by atoms with Crippen LogP contribution in [0.15, 0.2) is 55.0 Å². The summed E-state index contributed by atoms with van der Waals surface area (Å²) in [5.41, 5.74) is 8.01. The number of benzene rings is 1. The van der Waals surface area contributed by atoms with Crippen LogP contribution in [-0.2, 0) is 0 Å². The van der Waals surface area contributed by atoms with Gasteiger partial charge in [0.05, 0.1) is 25.5 Å². The van der Waals surface area contributed by atoms with Crippen LogP contribution in [0.4, 0.5) is 0 Å². The highest BCUT2D eigenvalue weighted by Gasteiger charge is 2.23. The van der Waals surface area contributed by atoms with E-state index in [1.165, 1.54) is 12.8 Å². The van der Waals surface area contributed by atoms with Crippen LogP contribution in [0, 0.1) is 18.3 Å². The first-order valence-electron chi connectivity index (χ1n) is 9.42. The van der Waals surface area contributed by atoms with E-state index >= 15 is 0 Å². The number of nitrogen functional groups attached to an aromatic ring is 1. The molecule has 2 heterocycles. The molecule has 0 bridgehead atoms. The van der Waals surface area contributed by atoms with Crippen LogP contribution in [0.5, 0.6) is 11.6 Å². The molecule has 0 unspecified atom stereocenters. The second-order valence-corrected chi connectivity index (χ2v) is 6.77. The molecular formula is C22H25N5O2. The summed E-state index contributed by atoms with van der Waals surface area (Å²) >= 11 is 0. The molecule has 1 aromatic carbocycles. The van der Waals surface area contributed by atoms with E-state index in [4.69, 9.17) is 20.6 Å². The molecule has 0 spiro atoms. The van der Waals surface area contributed by atoms with Crippen LogP contribution in [0.3, 0.4) is 0 Å². The summed E-state index contributed by atoms with van der Waals surface area (Å²) in [7, 11) is 1.62. The number of nitrogens with zero attached hydrogens (tertiary/aromatic N) is 3. The summed E-state index contributed by atoms with van der Waals surface area (Å²) in [5.74, 6) is 2.86. The Labute approximate surface area is 170 Å². The molecule has 3 aromatic rings. The van der Waals surface area contributed by atoms with Gasteiger partial charge < -0.3 is 15.2 Å². The highest BCUT2D eigenvalue weighted by Crippen LogP contribution is 2.32. The average molecular weight is 391 g/mol. The van der Waals surface area contributed by atoms with Gasteiger partial charge in [0.1, 0.15) is 17.4 Å². The molecule has 1 saturated carbocycles. The van der Waals surface area contributed by atoms with E-state index in [2.05, 4.69) is 15.0 Å². The molecule has 0 amide bonds. The van der Waals surface area contributed by atoms with Crippen LogP contribution in [0.2, 0.25) is 0 Å². The lowest BCUT2D eigenvalue weighted by atomic mass is 10.1. The van der Waals surface area contributed by atoms with Crippen LogP contribution in [-0.4, -0.2) is 34.5 Å². The van der Waals surface area contributed by atoms with Crippen LogP contribution < -0.4 is 15.2 Å². The molecule has 3 N–H and O–H groups in total. The van der Waals surface area contributed by atoms with Gasteiger partial charge in [0, 0.05) is 18.0 Å². The smallest absolute Gasteiger partial charge is 0.224 e. The first kappa shape index (κ1) is 20.3. The van der Waals surface area contributed by atoms with E-state index in [1.54, 1.807) is 25.7 Å². The van der Waals surface area contributed by atoms with Gasteiger partial charge in [-0.05, 0) is 43.4 Å². The Morgan fingerprint density at radius 3 is 2.48 bits per heavy atom. The fraction of sp³-hybridized carbons (Fsp3) is 0.273. The van der Waals surface area contributed by atoms with Gasteiger partial charge in [-0.15, -0.1) is 0 Å². The largest absolute Gasteiger partial charge is 0.495 e. The Bertz CT molecular complexity index is 941. The topological polar surface area (TPSA) is 107 Å². The highest BCUT2D eigenvalue weighted by molar-refractivity contribution is 5.95. The number of rotatable bonds is 6. The Kier molecular flexibility index (Phi) is 6.73. The van der Waals surface area contributed by atoms with Gasteiger partial charge in [-0.3, -0.25) is 10.4 Å². The lowest BCUT2D eigenvalue weighted by Crippen LogP contribution is -2.10. The standard InChI is InChI=1S/C16H18N4O.C6H7NO/c1-10-19-8-14(16(20-10)21-9-11-2-3-11)12-4-6-13(7-5-12)15(17)18;1-8-6-3-2-4-7-5-6/h4-8,11H,2-3,9H2,1H3,(H3,17,18);2-5H,1H3. The number of hydrogen-bond acceptors (Lipinski definition) is 6. The third kappa shape index (κ3) is 6.00. The summed E-state index contributed by atoms with van der Waals surface area (Å²) in [6.45, 7) is 2.57. The van der Waals surface area contributed by atoms with E-state index in [-0.39, 0.29) is 5.84 Å². The summed E-state index contributed by atoms with van der Waals surface area (Å²) in [6, 6.07) is 11.2. The van der Waals surface area contributed by atoms with Gasteiger partial charge in [0.2, 0.25) is 5.88 Å². The minimum atomic E-state index is 0.0620. The molecule has 29 heavy (non-hydrogen) atoms. The van der Waals surface area contributed by atoms with E-state index < -0.39 is 0 Å². The molecule has 1 aliphatic carbocycles. The van der Waals surface area contributed by atoms with E-state index in [1.807, 2.05) is 43.3 Å². The maximum atomic E-state index is 7.43. The third-order valence-corrected chi connectivity index (χ3v) is 4.40. The number of methoxy groups -OCH3 is 1. The van der Waals surface area contributed by atoms with E-state index in [9.17, 15) is 0 Å². The first-order valence-corrected chi connectivity index (χ1v) is 9.42. The zero-order chi connectivity index (χ0) is 20.6. The normalized spacial score (nSPS) is 12.5. The number of hydrogen-bond donors (Lipinski definition) is 2. The van der Waals surface area contributed by atoms with Crippen molar-refractivity contribution in [1.29, 1.82) is 5.41 Å². The lowest BCUT2D eigenvalue weighted by Gasteiger charge is -2.11. The van der Waals surface area contributed by atoms with Crippen molar-refractivity contribution in [2.45, 2.75) is 19.8 Å². The molecule has 1 aliphatic rings. The number of nitrogens with one attached hydrogen (secondary N) is 1. The quantitative estimate of drug-likeness (QED) is 0.491. The molecular weight excluding hydrogens is 366 g/mol. The van der Waals surface area contributed by atoms with Crippen molar-refractivity contribution >= 4 is 5.84 Å². The average Bonchev–Trinajstić information content (AvgIpc) is 3.58. The van der Waals surface area contributed by atoms with Crippen LogP contribution >= 0.6 is 0 Å². The molecule has 0 saturated heterocycles. The number of ether oxygens (including phenoxy) is 2. The monoisotopic (exact) mass is 391 g/mol. The SMILES string of the molecule is COc1cccnc1.Cc1ncc(-c2ccc(C(=N)N)cc2)c(OCC2CC2)n1. The summed E-state index contributed by atoms with van der Waals surface area (Å²) in [4.78, 5) is 12.5. The zero-order valence-electron chi connectivity index (χ0n) is 16.6. The number of nitrogens with two attached hydrogens (primary N) is 1. The van der Waals surface area contributed by atoms with Gasteiger partial charge in [-0.1, -0.05) is 24.3 Å². The first-order chi connectivity index (χ1) is 14.1. The van der Waals surface area contributed by atoms with Crippen molar-refractivity contribution in [3.63, 3.8) is 0 Å². The Balaban J connectivity index is 0.000000252. The fourth-order valence-electron chi connectivity index (χ4n) is 2.54. The van der Waals surface area contributed by atoms with Crippen molar-refractivity contribution < 1.29 is 9.47 Å². The third-order valence-electron chi connectivity index (χ3n) is 4.40. The van der Waals surface area contributed by atoms with Crippen molar-refractivity contribution in [1.82, 2.24) is 15.0 Å². The zero-order valence-corrected chi connectivity index (χ0v) is 16.6. The molecule has 4 rings (SSSR count). The van der Waals surface area contributed by atoms with Crippen LogP contribution in [0.1, 0.15) is 24.2 Å². The van der Waals surface area contributed by atoms with Gasteiger partial charge in [-0.25, -0.2) is 4.98 Å². The molecule has 0 aliphatic heterocycles. The van der Waals surface area contributed by atoms with Crippen molar-refractivity contribution in [2.24, 2.45) is 11.7 Å². The van der Waals surface area contributed by atoms with E-state index in [0.29, 0.717) is 23.2 Å². The fourth-order valence-corrected chi connectivity index (χ4v) is 2.54. The van der Waals surface area contributed by atoms with Crippen molar-refractivity contribution in [3.05, 3.63) is 66.4 Å². The lowest BCUT2D eigenvalue weighted by molar-refractivity contribution is 0.288. The number of aryl methyl sites for hydroxylation is 1. The summed E-state index contributed by atoms with van der Waals surface area (Å²) < 4.78 is 10.7. The molecule has 7 heteroatoms. The predicted molar refractivity (Wildman–Crippen MR) is 112 cm³/mol. The number of aromatic nitrogens is 3. The van der Waals surface area contributed by atoms with E-state index in [0.717, 1.165) is 23.5 Å². The molecule has 2 aromatic heterocycles. The molecule has 150 valence electrons. The second kappa shape index (κ2) is 9.64. The Morgan fingerprint density at radius 2 is 1.93 bits per heavy atom. The molecule has 0 atom stereocenters. The van der Waals surface area contributed by atoms with Crippen LogP contribution in [0.25, 0.3) is 11.1 Å². The Hall–Kier alpha value is -3.48. The maximum Gasteiger partial charge on any atom is 0.224 e. The highest BCUT2D eigenvalue weighted by atomic mass is 16.5. The maximum absolute atomic E-state index is 7.43. The number of pyridine rings is 1. The minimum Gasteiger partial charge on any atom is -0.495 e. The molecule has 7 nitrogen and oxygen atoms in total.